The molecule has 0 N–H and O–H groups in total. The van der Waals surface area contributed by atoms with E-state index in [1.165, 1.54) is 0 Å². The number of aryl methyl sites for hydroxylation is 3. The van der Waals surface area contributed by atoms with Gasteiger partial charge in [-0.2, -0.15) is 5.10 Å². The van der Waals surface area contributed by atoms with Crippen LogP contribution >= 0.6 is 11.6 Å². The molecular formula is C24H28ClN3O4. The number of carbonyl (C=O) groups excluding carboxylic acids is 2. The van der Waals surface area contributed by atoms with Crippen LogP contribution in [-0.2, 0) is 22.6 Å². The third-order valence-corrected chi connectivity index (χ3v) is 5.83. The standard InChI is InChI=1S/C24H28ClN3O4/c1-15-6-8-19(9-7-15)13-28-23(25)22(17(3)26-28)24(30)32-14-21(29)20-12-16(2)27(18(20)4)10-11-31-5/h6-9,12H,10-11,13-14H2,1-5H3. The van der Waals surface area contributed by atoms with E-state index in [4.69, 9.17) is 21.1 Å². The van der Waals surface area contributed by atoms with E-state index in [2.05, 4.69) is 5.10 Å². The maximum absolute atomic E-state index is 12.7. The third-order valence-electron chi connectivity index (χ3n) is 5.45. The second kappa shape index (κ2) is 10.1. The summed E-state index contributed by atoms with van der Waals surface area (Å²) >= 11 is 6.44. The van der Waals surface area contributed by atoms with Gasteiger partial charge >= 0.3 is 5.97 Å². The number of hydrogen-bond donors (Lipinski definition) is 0. The molecule has 0 saturated heterocycles. The van der Waals surface area contributed by atoms with Gasteiger partial charge in [-0.1, -0.05) is 41.4 Å². The molecule has 0 saturated carbocycles. The summed E-state index contributed by atoms with van der Waals surface area (Å²) in [6.07, 6.45) is 0. The number of halogens is 1. The van der Waals surface area contributed by atoms with Crippen LogP contribution in [0, 0.1) is 27.7 Å². The van der Waals surface area contributed by atoms with Gasteiger partial charge in [0.2, 0.25) is 5.78 Å². The highest BCUT2D eigenvalue weighted by molar-refractivity contribution is 6.32. The second-order valence-corrected chi connectivity index (χ2v) is 8.18. The Balaban J connectivity index is 1.69. The van der Waals surface area contributed by atoms with Gasteiger partial charge < -0.3 is 14.0 Å². The molecule has 0 fully saturated rings. The van der Waals surface area contributed by atoms with E-state index in [1.807, 2.05) is 49.6 Å². The van der Waals surface area contributed by atoms with Gasteiger partial charge in [0.15, 0.2) is 6.61 Å². The van der Waals surface area contributed by atoms with Crippen LogP contribution in [0.15, 0.2) is 30.3 Å². The molecule has 0 spiro atoms. The maximum atomic E-state index is 12.7. The Bertz CT molecular complexity index is 1130. The molecule has 2 heterocycles. The van der Waals surface area contributed by atoms with Crippen molar-refractivity contribution in [2.45, 2.75) is 40.8 Å². The highest BCUT2D eigenvalue weighted by atomic mass is 35.5. The summed E-state index contributed by atoms with van der Waals surface area (Å²) in [4.78, 5) is 25.4. The average molecular weight is 458 g/mol. The van der Waals surface area contributed by atoms with Crippen LogP contribution in [-0.4, -0.2) is 46.4 Å². The zero-order valence-electron chi connectivity index (χ0n) is 19.1. The summed E-state index contributed by atoms with van der Waals surface area (Å²) in [5.41, 5.74) is 5.11. The summed E-state index contributed by atoms with van der Waals surface area (Å²) in [5.74, 6) is -0.930. The molecule has 3 aromatic rings. The van der Waals surface area contributed by atoms with Crippen molar-refractivity contribution < 1.29 is 19.1 Å². The highest BCUT2D eigenvalue weighted by Gasteiger charge is 2.24. The first-order chi connectivity index (χ1) is 15.2. The molecule has 2 aromatic heterocycles. The van der Waals surface area contributed by atoms with Crippen LogP contribution in [0.2, 0.25) is 5.15 Å². The first-order valence-electron chi connectivity index (χ1n) is 10.4. The van der Waals surface area contributed by atoms with Crippen LogP contribution in [0.3, 0.4) is 0 Å². The molecule has 7 nitrogen and oxygen atoms in total. The molecule has 0 radical (unpaired) electrons. The number of nitrogens with zero attached hydrogens (tertiary/aromatic N) is 3. The number of aromatic nitrogens is 3. The lowest BCUT2D eigenvalue weighted by Crippen LogP contribution is -2.16. The third kappa shape index (κ3) is 5.11. The van der Waals surface area contributed by atoms with Gasteiger partial charge in [0.1, 0.15) is 10.7 Å². The SMILES string of the molecule is COCCn1c(C)cc(C(=O)COC(=O)c2c(C)nn(Cc3ccc(C)cc3)c2Cl)c1C. The number of ether oxygens (including phenoxy) is 2. The number of rotatable bonds is 9. The zero-order chi connectivity index (χ0) is 23.4. The molecule has 170 valence electrons. The number of esters is 1. The van der Waals surface area contributed by atoms with Gasteiger partial charge in [0.05, 0.1) is 18.8 Å². The number of ketones is 1. The second-order valence-electron chi connectivity index (χ2n) is 7.82. The molecule has 1 aromatic carbocycles. The van der Waals surface area contributed by atoms with Crippen molar-refractivity contribution in [3.05, 3.63) is 74.8 Å². The van der Waals surface area contributed by atoms with Crippen LogP contribution < -0.4 is 0 Å². The summed E-state index contributed by atoms with van der Waals surface area (Å²) in [5, 5.41) is 4.57. The van der Waals surface area contributed by atoms with E-state index >= 15 is 0 Å². The summed E-state index contributed by atoms with van der Waals surface area (Å²) in [6, 6.07) is 9.79. The molecule has 0 amide bonds. The van der Waals surface area contributed by atoms with Crippen molar-refractivity contribution in [1.82, 2.24) is 14.3 Å². The number of hydrogen-bond acceptors (Lipinski definition) is 5. The van der Waals surface area contributed by atoms with Crippen molar-refractivity contribution in [1.29, 1.82) is 0 Å². The van der Waals surface area contributed by atoms with Gasteiger partial charge in [-0.3, -0.25) is 4.79 Å². The van der Waals surface area contributed by atoms with Crippen molar-refractivity contribution in [2.75, 3.05) is 20.3 Å². The normalized spacial score (nSPS) is 11.1. The van der Waals surface area contributed by atoms with E-state index in [1.54, 1.807) is 24.8 Å². The predicted molar refractivity (Wildman–Crippen MR) is 123 cm³/mol. The maximum Gasteiger partial charge on any atom is 0.343 e. The van der Waals surface area contributed by atoms with E-state index in [9.17, 15) is 9.59 Å². The van der Waals surface area contributed by atoms with E-state index in [0.29, 0.717) is 31.0 Å². The fourth-order valence-corrected chi connectivity index (χ4v) is 3.96. The number of Topliss-reactive ketones (excluding diaryl/α,β-unsaturated/α-hetero) is 1. The first kappa shape index (κ1) is 23.8. The lowest BCUT2D eigenvalue weighted by Gasteiger charge is -2.09. The highest BCUT2D eigenvalue weighted by Crippen LogP contribution is 2.23. The molecule has 0 aliphatic rings. The molecule has 0 unspecified atom stereocenters. The van der Waals surface area contributed by atoms with Gasteiger partial charge in [0.25, 0.3) is 0 Å². The summed E-state index contributed by atoms with van der Waals surface area (Å²) < 4.78 is 14.0. The van der Waals surface area contributed by atoms with Gasteiger partial charge in [0, 0.05) is 30.6 Å². The molecule has 0 aliphatic carbocycles. The first-order valence-corrected chi connectivity index (χ1v) is 10.7. The zero-order valence-corrected chi connectivity index (χ0v) is 19.8. The molecular weight excluding hydrogens is 430 g/mol. The molecule has 0 aliphatic heterocycles. The van der Waals surface area contributed by atoms with Crippen molar-refractivity contribution in [3.63, 3.8) is 0 Å². The van der Waals surface area contributed by atoms with Crippen molar-refractivity contribution >= 4 is 23.4 Å². The minimum Gasteiger partial charge on any atom is -0.454 e. The molecule has 0 bridgehead atoms. The Morgan fingerprint density at radius 1 is 1.09 bits per heavy atom. The molecule has 3 rings (SSSR count). The fraction of sp³-hybridized carbons (Fsp3) is 0.375. The molecule has 8 heteroatoms. The van der Waals surface area contributed by atoms with E-state index in [-0.39, 0.29) is 23.1 Å². The van der Waals surface area contributed by atoms with Crippen LogP contribution in [0.5, 0.6) is 0 Å². The van der Waals surface area contributed by atoms with Gasteiger partial charge in [-0.25, -0.2) is 9.48 Å². The Morgan fingerprint density at radius 3 is 2.44 bits per heavy atom. The van der Waals surface area contributed by atoms with E-state index in [0.717, 1.165) is 22.5 Å². The number of methoxy groups -OCH3 is 1. The predicted octanol–water partition coefficient (Wildman–Crippen LogP) is 4.31. The lowest BCUT2D eigenvalue weighted by molar-refractivity contribution is 0.0474. The number of benzene rings is 1. The van der Waals surface area contributed by atoms with Crippen LogP contribution in [0.1, 0.15) is 48.9 Å². The van der Waals surface area contributed by atoms with Gasteiger partial charge in [-0.15, -0.1) is 0 Å². The van der Waals surface area contributed by atoms with E-state index < -0.39 is 5.97 Å². The van der Waals surface area contributed by atoms with Crippen LogP contribution in [0.25, 0.3) is 0 Å². The largest absolute Gasteiger partial charge is 0.454 e. The topological polar surface area (TPSA) is 75.3 Å². The fourth-order valence-electron chi connectivity index (χ4n) is 3.65. The number of carbonyl (C=O) groups is 2. The quantitative estimate of drug-likeness (QED) is 0.353. The summed E-state index contributed by atoms with van der Waals surface area (Å²) in [6.45, 7) is 8.76. The molecule has 0 atom stereocenters. The minimum atomic E-state index is -0.663. The van der Waals surface area contributed by atoms with Crippen LogP contribution in [0.4, 0.5) is 0 Å². The molecule has 32 heavy (non-hydrogen) atoms. The minimum absolute atomic E-state index is 0.178. The van der Waals surface area contributed by atoms with Gasteiger partial charge in [-0.05, 0) is 39.3 Å². The Labute approximate surface area is 192 Å². The average Bonchev–Trinajstić information content (AvgIpc) is 3.20. The Kier molecular flexibility index (Phi) is 7.53. The smallest absolute Gasteiger partial charge is 0.343 e. The Morgan fingerprint density at radius 2 is 1.78 bits per heavy atom. The lowest BCUT2D eigenvalue weighted by atomic mass is 10.1. The summed E-state index contributed by atoms with van der Waals surface area (Å²) in [7, 11) is 1.63. The Hall–Kier alpha value is -2.90. The van der Waals surface area contributed by atoms with Crippen molar-refractivity contribution in [3.8, 4) is 0 Å². The van der Waals surface area contributed by atoms with Crippen molar-refractivity contribution in [2.24, 2.45) is 0 Å². The monoisotopic (exact) mass is 457 g/mol.